The van der Waals surface area contributed by atoms with Gasteiger partial charge in [0.1, 0.15) is 5.69 Å². The first kappa shape index (κ1) is 20.0. The van der Waals surface area contributed by atoms with Gasteiger partial charge in [-0.25, -0.2) is 4.98 Å². The van der Waals surface area contributed by atoms with Crippen molar-refractivity contribution in [1.82, 2.24) is 19.7 Å². The molecule has 29 heavy (non-hydrogen) atoms. The van der Waals surface area contributed by atoms with Gasteiger partial charge in [-0.3, -0.25) is 19.3 Å². The highest BCUT2D eigenvalue weighted by molar-refractivity contribution is 7.22. The average molecular weight is 414 g/mol. The molecule has 0 bridgehead atoms. The maximum absolute atomic E-state index is 13.4. The van der Waals surface area contributed by atoms with Gasteiger partial charge in [0.15, 0.2) is 5.13 Å². The molecule has 3 aromatic rings. The lowest BCUT2D eigenvalue weighted by atomic mass is 10.2. The van der Waals surface area contributed by atoms with E-state index in [2.05, 4.69) is 35.1 Å². The van der Waals surface area contributed by atoms with Crippen LogP contribution in [0.25, 0.3) is 10.2 Å². The Morgan fingerprint density at radius 3 is 2.83 bits per heavy atom. The highest BCUT2D eigenvalue weighted by Crippen LogP contribution is 2.30. The maximum Gasteiger partial charge on any atom is 0.278 e. The van der Waals surface area contributed by atoms with E-state index >= 15 is 0 Å². The second kappa shape index (κ2) is 9.02. The van der Waals surface area contributed by atoms with E-state index in [0.29, 0.717) is 18.8 Å². The Labute approximate surface area is 174 Å². The normalized spacial score (nSPS) is 15.1. The summed E-state index contributed by atoms with van der Waals surface area (Å²) in [5.74, 6) is -0.0487. The minimum Gasteiger partial charge on any atom is -0.379 e. The molecule has 8 heteroatoms. The van der Waals surface area contributed by atoms with E-state index in [0.717, 1.165) is 54.6 Å². The molecule has 0 radical (unpaired) electrons. The molecule has 1 saturated heterocycles. The zero-order valence-corrected chi connectivity index (χ0v) is 17.8. The lowest BCUT2D eigenvalue weighted by molar-refractivity contribution is 0.0391. The number of amides is 1. The lowest BCUT2D eigenvalue weighted by Crippen LogP contribution is -2.43. The zero-order chi connectivity index (χ0) is 20.2. The summed E-state index contributed by atoms with van der Waals surface area (Å²) in [5, 5.41) is 5.02. The molecule has 1 aliphatic rings. The lowest BCUT2D eigenvalue weighted by Gasteiger charge is -2.29. The number of anilines is 1. The van der Waals surface area contributed by atoms with E-state index in [4.69, 9.17) is 9.72 Å². The number of aryl methyl sites for hydroxylation is 2. The van der Waals surface area contributed by atoms with Crippen LogP contribution in [0.5, 0.6) is 0 Å². The first-order valence-electron chi connectivity index (χ1n) is 10.2. The smallest absolute Gasteiger partial charge is 0.278 e. The van der Waals surface area contributed by atoms with Crippen molar-refractivity contribution >= 4 is 32.6 Å². The third kappa shape index (κ3) is 4.34. The van der Waals surface area contributed by atoms with Gasteiger partial charge >= 0.3 is 0 Å². The number of morpholine rings is 1. The quantitative estimate of drug-likeness (QED) is 0.596. The second-order valence-electron chi connectivity index (χ2n) is 7.10. The maximum atomic E-state index is 13.4. The van der Waals surface area contributed by atoms with E-state index in [9.17, 15) is 4.79 Å². The van der Waals surface area contributed by atoms with Crippen molar-refractivity contribution < 1.29 is 9.53 Å². The van der Waals surface area contributed by atoms with Crippen LogP contribution in [0.4, 0.5) is 5.13 Å². The van der Waals surface area contributed by atoms with Gasteiger partial charge < -0.3 is 4.74 Å². The summed E-state index contributed by atoms with van der Waals surface area (Å²) in [5.41, 5.74) is 2.82. The molecule has 0 atom stereocenters. The Hall–Kier alpha value is -2.29. The van der Waals surface area contributed by atoms with Crippen LogP contribution in [-0.2, 0) is 17.7 Å². The number of benzene rings is 1. The van der Waals surface area contributed by atoms with Crippen LogP contribution in [0, 0.1) is 0 Å². The molecule has 154 valence electrons. The van der Waals surface area contributed by atoms with Crippen molar-refractivity contribution in [3.63, 3.8) is 0 Å². The number of thiazole rings is 1. The highest BCUT2D eigenvalue weighted by atomic mass is 32.1. The Kier molecular flexibility index (Phi) is 6.22. The zero-order valence-electron chi connectivity index (χ0n) is 17.0. The number of carbonyl (C=O) groups is 1. The fraction of sp³-hybridized carbons (Fsp3) is 0.476. The minimum atomic E-state index is -0.0487. The van der Waals surface area contributed by atoms with Crippen molar-refractivity contribution in [2.24, 2.45) is 0 Å². The number of ether oxygens (including phenoxy) is 1. The Bertz CT molecular complexity index is 977. The van der Waals surface area contributed by atoms with Gasteiger partial charge in [0, 0.05) is 38.9 Å². The SMILES string of the molecule is CCc1ccc2nc(N(CCN3CCOCC3)C(=O)c3ccnn3CC)sc2c1. The Morgan fingerprint density at radius 2 is 2.07 bits per heavy atom. The summed E-state index contributed by atoms with van der Waals surface area (Å²) in [7, 11) is 0. The summed E-state index contributed by atoms with van der Waals surface area (Å²) >= 11 is 1.58. The van der Waals surface area contributed by atoms with Crippen molar-refractivity contribution in [2.75, 3.05) is 44.3 Å². The predicted octanol–water partition coefficient (Wildman–Crippen LogP) is 3.05. The van der Waals surface area contributed by atoms with Gasteiger partial charge in [0.05, 0.1) is 23.4 Å². The first-order chi connectivity index (χ1) is 14.2. The molecule has 0 saturated carbocycles. The molecular weight excluding hydrogens is 386 g/mol. The van der Waals surface area contributed by atoms with Crippen LogP contribution >= 0.6 is 11.3 Å². The third-order valence-corrected chi connectivity index (χ3v) is 6.35. The molecule has 7 nitrogen and oxygen atoms in total. The van der Waals surface area contributed by atoms with E-state index in [1.54, 1.807) is 28.3 Å². The molecule has 3 heterocycles. The van der Waals surface area contributed by atoms with E-state index < -0.39 is 0 Å². The topological polar surface area (TPSA) is 63.5 Å². The fourth-order valence-corrected chi connectivity index (χ4v) is 4.60. The van der Waals surface area contributed by atoms with Gasteiger partial charge in [-0.2, -0.15) is 5.10 Å². The molecule has 2 aromatic heterocycles. The molecule has 0 aliphatic carbocycles. The second-order valence-corrected chi connectivity index (χ2v) is 8.10. The highest BCUT2D eigenvalue weighted by Gasteiger charge is 2.25. The molecular formula is C21H27N5O2S. The predicted molar refractivity (Wildman–Crippen MR) is 116 cm³/mol. The van der Waals surface area contributed by atoms with Crippen molar-refractivity contribution in [2.45, 2.75) is 26.8 Å². The molecule has 1 fully saturated rings. The molecule has 0 N–H and O–H groups in total. The van der Waals surface area contributed by atoms with E-state index in [-0.39, 0.29) is 5.91 Å². The molecule has 1 aromatic carbocycles. The van der Waals surface area contributed by atoms with Crippen molar-refractivity contribution in [3.05, 3.63) is 41.7 Å². The van der Waals surface area contributed by atoms with E-state index in [1.807, 2.05) is 11.8 Å². The van der Waals surface area contributed by atoms with Crippen molar-refractivity contribution in [3.8, 4) is 0 Å². The Balaban J connectivity index is 1.64. The number of hydrogen-bond donors (Lipinski definition) is 0. The average Bonchev–Trinajstić information content (AvgIpc) is 3.40. The number of nitrogens with zero attached hydrogens (tertiary/aromatic N) is 5. The van der Waals surface area contributed by atoms with Crippen LogP contribution in [-0.4, -0.2) is 65.0 Å². The molecule has 4 rings (SSSR count). The van der Waals surface area contributed by atoms with Gasteiger partial charge in [-0.1, -0.05) is 24.3 Å². The van der Waals surface area contributed by atoms with Crippen molar-refractivity contribution in [1.29, 1.82) is 0 Å². The molecule has 0 unspecified atom stereocenters. The Morgan fingerprint density at radius 1 is 1.24 bits per heavy atom. The number of aromatic nitrogens is 3. The number of hydrogen-bond acceptors (Lipinski definition) is 6. The van der Waals surface area contributed by atoms with Gasteiger partial charge in [-0.15, -0.1) is 0 Å². The van der Waals surface area contributed by atoms with Crippen LogP contribution in [0.15, 0.2) is 30.5 Å². The van der Waals surface area contributed by atoms with Gasteiger partial charge in [-0.05, 0) is 37.1 Å². The number of fused-ring (bicyclic) bond motifs is 1. The standard InChI is InChI=1S/C21H27N5O2S/c1-3-16-5-6-17-19(15-16)29-21(23-17)25(10-9-24-11-13-28-14-12-24)20(27)18-7-8-22-26(18)4-2/h5-8,15H,3-4,9-14H2,1-2H3. The van der Waals surface area contributed by atoms with Crippen LogP contribution in [0.3, 0.4) is 0 Å². The molecule has 1 aliphatic heterocycles. The summed E-state index contributed by atoms with van der Waals surface area (Å²) in [4.78, 5) is 22.4. The summed E-state index contributed by atoms with van der Waals surface area (Å²) in [6, 6.07) is 8.13. The third-order valence-electron chi connectivity index (χ3n) is 5.30. The largest absolute Gasteiger partial charge is 0.379 e. The minimum absolute atomic E-state index is 0.0487. The van der Waals surface area contributed by atoms with Crippen LogP contribution in [0.1, 0.15) is 29.9 Å². The molecule has 0 spiro atoms. The summed E-state index contributed by atoms with van der Waals surface area (Å²) in [6.07, 6.45) is 2.67. The monoisotopic (exact) mass is 413 g/mol. The van der Waals surface area contributed by atoms with Crippen LogP contribution < -0.4 is 4.90 Å². The summed E-state index contributed by atoms with van der Waals surface area (Å²) in [6.45, 7) is 9.47. The molecule has 1 amide bonds. The first-order valence-corrected chi connectivity index (χ1v) is 11.0. The van der Waals surface area contributed by atoms with Crippen LogP contribution in [0.2, 0.25) is 0 Å². The summed E-state index contributed by atoms with van der Waals surface area (Å²) < 4.78 is 8.31. The van der Waals surface area contributed by atoms with Gasteiger partial charge in [0.25, 0.3) is 5.91 Å². The van der Waals surface area contributed by atoms with Gasteiger partial charge in [0.2, 0.25) is 0 Å². The van der Waals surface area contributed by atoms with E-state index in [1.165, 1.54) is 5.56 Å². The number of carbonyl (C=O) groups excluding carboxylic acids is 1. The number of rotatable bonds is 7. The fourth-order valence-electron chi connectivity index (χ4n) is 3.55.